The normalized spacial score (nSPS) is 11.5. The topological polar surface area (TPSA) is 43.4 Å². The second kappa shape index (κ2) is 6.21. The van der Waals surface area contributed by atoms with Crippen LogP contribution >= 0.6 is 11.6 Å². The zero-order chi connectivity index (χ0) is 12.9. The van der Waals surface area contributed by atoms with Gasteiger partial charge in [0.2, 0.25) is 0 Å². The number of benzene rings is 1. The quantitative estimate of drug-likeness (QED) is 0.805. The Hall–Kier alpha value is -0.810. The average molecular weight is 281 g/mol. The van der Waals surface area contributed by atoms with Crippen molar-refractivity contribution >= 4 is 21.4 Å². The van der Waals surface area contributed by atoms with Crippen LogP contribution in [0.15, 0.2) is 18.2 Å². The van der Waals surface area contributed by atoms with Gasteiger partial charge in [0.25, 0.3) is 0 Å². The highest BCUT2D eigenvalue weighted by Gasteiger charge is 2.09. The molecule has 6 heteroatoms. The maximum atomic E-state index is 13.0. The van der Waals surface area contributed by atoms with Crippen LogP contribution in [-0.4, -0.2) is 26.5 Å². The first kappa shape index (κ1) is 14.3. The first-order valence-corrected chi connectivity index (χ1v) is 7.43. The van der Waals surface area contributed by atoms with Crippen molar-refractivity contribution in [3.8, 4) is 5.75 Å². The summed E-state index contributed by atoms with van der Waals surface area (Å²) in [6.07, 6.45) is 0.581. The van der Waals surface area contributed by atoms with Gasteiger partial charge in [0.1, 0.15) is 18.2 Å². The maximum absolute atomic E-state index is 13.0. The number of halogens is 2. The van der Waals surface area contributed by atoms with Crippen LogP contribution in [0.3, 0.4) is 0 Å². The van der Waals surface area contributed by atoms with Gasteiger partial charge in [0.05, 0.1) is 16.5 Å². The molecule has 0 saturated carbocycles. The molecule has 0 spiro atoms. The molecule has 96 valence electrons. The largest absolute Gasteiger partial charge is 0.492 e. The summed E-state index contributed by atoms with van der Waals surface area (Å²) >= 11 is 5.50. The molecule has 0 atom stereocenters. The zero-order valence-electron chi connectivity index (χ0n) is 9.45. The highest BCUT2D eigenvalue weighted by atomic mass is 35.5. The SMILES string of the molecule is CCCS(=O)(=O)CCOc1ccc(Cl)c(F)c1. The van der Waals surface area contributed by atoms with Crippen molar-refractivity contribution in [1.82, 2.24) is 0 Å². The van der Waals surface area contributed by atoms with Crippen LogP contribution in [0.1, 0.15) is 13.3 Å². The predicted octanol–water partition coefficient (Wildman–Crippen LogP) is 2.68. The van der Waals surface area contributed by atoms with Gasteiger partial charge in [0, 0.05) is 6.07 Å². The van der Waals surface area contributed by atoms with Crippen LogP contribution in [0.5, 0.6) is 5.75 Å². The van der Waals surface area contributed by atoms with Gasteiger partial charge in [-0.2, -0.15) is 0 Å². The van der Waals surface area contributed by atoms with E-state index in [0.29, 0.717) is 6.42 Å². The molecule has 17 heavy (non-hydrogen) atoms. The van der Waals surface area contributed by atoms with E-state index in [1.54, 1.807) is 6.92 Å². The molecule has 0 aromatic heterocycles. The first-order valence-electron chi connectivity index (χ1n) is 5.23. The van der Waals surface area contributed by atoms with Gasteiger partial charge in [-0.25, -0.2) is 12.8 Å². The summed E-state index contributed by atoms with van der Waals surface area (Å²) in [5.41, 5.74) is 0. The van der Waals surface area contributed by atoms with E-state index in [0.717, 1.165) is 6.07 Å². The van der Waals surface area contributed by atoms with E-state index in [1.807, 2.05) is 0 Å². The van der Waals surface area contributed by atoms with E-state index in [1.165, 1.54) is 12.1 Å². The lowest BCUT2D eigenvalue weighted by atomic mass is 10.3. The first-order chi connectivity index (χ1) is 7.94. The minimum Gasteiger partial charge on any atom is -0.492 e. The minimum absolute atomic E-state index is 0.0101. The fraction of sp³-hybridized carbons (Fsp3) is 0.455. The molecule has 0 saturated heterocycles. The van der Waals surface area contributed by atoms with Gasteiger partial charge in [-0.1, -0.05) is 18.5 Å². The fourth-order valence-corrected chi connectivity index (χ4v) is 2.55. The third-order valence-corrected chi connectivity index (χ3v) is 4.19. The number of rotatable bonds is 6. The standard InChI is InChI=1S/C11H14ClFO3S/c1-2-6-17(14,15)7-5-16-9-3-4-10(12)11(13)8-9/h3-4,8H,2,5-7H2,1H3. The summed E-state index contributed by atoms with van der Waals surface area (Å²) in [6.45, 7) is 1.82. The summed E-state index contributed by atoms with van der Waals surface area (Å²) < 4.78 is 40.9. The molecule has 0 amide bonds. The Kier molecular flexibility index (Phi) is 5.21. The molecule has 0 aliphatic rings. The van der Waals surface area contributed by atoms with Crippen LogP contribution in [-0.2, 0) is 9.84 Å². The Labute approximate surface area is 105 Å². The van der Waals surface area contributed by atoms with Crippen molar-refractivity contribution in [2.75, 3.05) is 18.1 Å². The Bertz CT molecular complexity index is 474. The molecule has 0 fully saturated rings. The molecule has 3 nitrogen and oxygen atoms in total. The lowest BCUT2D eigenvalue weighted by Crippen LogP contribution is -2.16. The Morgan fingerprint density at radius 3 is 2.65 bits per heavy atom. The van der Waals surface area contributed by atoms with Crippen molar-refractivity contribution < 1.29 is 17.5 Å². The number of ether oxygens (including phenoxy) is 1. The molecule has 0 heterocycles. The molecule has 0 N–H and O–H groups in total. The zero-order valence-corrected chi connectivity index (χ0v) is 11.0. The van der Waals surface area contributed by atoms with Crippen molar-refractivity contribution in [2.45, 2.75) is 13.3 Å². The van der Waals surface area contributed by atoms with Gasteiger partial charge >= 0.3 is 0 Å². The molecule has 0 unspecified atom stereocenters. The lowest BCUT2D eigenvalue weighted by molar-refractivity contribution is 0.339. The molecule has 0 aliphatic carbocycles. The van der Waals surface area contributed by atoms with E-state index in [-0.39, 0.29) is 28.9 Å². The lowest BCUT2D eigenvalue weighted by Gasteiger charge is -2.07. The fourth-order valence-electron chi connectivity index (χ4n) is 1.27. The average Bonchev–Trinajstić information content (AvgIpc) is 2.23. The van der Waals surface area contributed by atoms with Crippen LogP contribution in [0, 0.1) is 5.82 Å². The molecular weight excluding hydrogens is 267 g/mol. The highest BCUT2D eigenvalue weighted by molar-refractivity contribution is 7.91. The molecule has 0 radical (unpaired) electrons. The Morgan fingerprint density at radius 1 is 1.35 bits per heavy atom. The van der Waals surface area contributed by atoms with Crippen LogP contribution in [0.2, 0.25) is 5.02 Å². The van der Waals surface area contributed by atoms with Gasteiger partial charge < -0.3 is 4.74 Å². The molecule has 0 bridgehead atoms. The van der Waals surface area contributed by atoms with Crippen molar-refractivity contribution in [1.29, 1.82) is 0 Å². The number of sulfone groups is 1. The minimum atomic E-state index is -3.06. The maximum Gasteiger partial charge on any atom is 0.153 e. The summed E-state index contributed by atoms with van der Waals surface area (Å²) in [5.74, 6) is -0.227. The summed E-state index contributed by atoms with van der Waals surface area (Å²) in [6, 6.07) is 4.00. The van der Waals surface area contributed by atoms with Gasteiger partial charge in [-0.3, -0.25) is 0 Å². The van der Waals surface area contributed by atoms with E-state index in [4.69, 9.17) is 16.3 Å². The van der Waals surface area contributed by atoms with Crippen molar-refractivity contribution in [2.24, 2.45) is 0 Å². The monoisotopic (exact) mass is 280 g/mol. The molecule has 1 aromatic carbocycles. The van der Waals surface area contributed by atoms with Crippen LogP contribution in [0.4, 0.5) is 4.39 Å². The summed E-state index contributed by atoms with van der Waals surface area (Å²) in [4.78, 5) is 0. The Balaban J connectivity index is 2.49. The summed E-state index contributed by atoms with van der Waals surface area (Å²) in [7, 11) is -3.06. The second-order valence-corrected chi connectivity index (χ2v) is 6.29. The Morgan fingerprint density at radius 2 is 2.06 bits per heavy atom. The predicted molar refractivity (Wildman–Crippen MR) is 65.8 cm³/mol. The summed E-state index contributed by atoms with van der Waals surface area (Å²) in [5, 5.41) is 0.0101. The third kappa shape index (κ3) is 4.91. The van der Waals surface area contributed by atoms with Gasteiger partial charge in [0.15, 0.2) is 9.84 Å². The highest BCUT2D eigenvalue weighted by Crippen LogP contribution is 2.20. The number of hydrogen-bond acceptors (Lipinski definition) is 3. The van der Waals surface area contributed by atoms with E-state index >= 15 is 0 Å². The van der Waals surface area contributed by atoms with Crippen molar-refractivity contribution in [3.63, 3.8) is 0 Å². The van der Waals surface area contributed by atoms with E-state index < -0.39 is 15.7 Å². The molecule has 1 rings (SSSR count). The van der Waals surface area contributed by atoms with Crippen molar-refractivity contribution in [3.05, 3.63) is 29.0 Å². The van der Waals surface area contributed by atoms with Crippen LogP contribution < -0.4 is 4.74 Å². The smallest absolute Gasteiger partial charge is 0.153 e. The van der Waals surface area contributed by atoms with E-state index in [9.17, 15) is 12.8 Å². The van der Waals surface area contributed by atoms with Gasteiger partial charge in [-0.05, 0) is 18.6 Å². The molecule has 0 aliphatic heterocycles. The second-order valence-electron chi connectivity index (χ2n) is 3.58. The third-order valence-electron chi connectivity index (χ3n) is 2.07. The number of hydrogen-bond donors (Lipinski definition) is 0. The molecular formula is C11H14ClFO3S. The molecule has 1 aromatic rings. The van der Waals surface area contributed by atoms with E-state index in [2.05, 4.69) is 0 Å². The van der Waals surface area contributed by atoms with Crippen LogP contribution in [0.25, 0.3) is 0 Å². The van der Waals surface area contributed by atoms with Gasteiger partial charge in [-0.15, -0.1) is 0 Å².